The van der Waals surface area contributed by atoms with E-state index in [-0.39, 0.29) is 22.9 Å². The summed E-state index contributed by atoms with van der Waals surface area (Å²) in [6.07, 6.45) is 0. The minimum atomic E-state index is -3.91. The first-order valence-electron chi connectivity index (χ1n) is 9.95. The molecule has 0 spiro atoms. The Morgan fingerprint density at radius 1 is 1.09 bits per heavy atom. The van der Waals surface area contributed by atoms with E-state index in [1.807, 2.05) is 18.2 Å². The van der Waals surface area contributed by atoms with Crippen LogP contribution in [0.5, 0.6) is 0 Å². The predicted molar refractivity (Wildman–Crippen MR) is 130 cm³/mol. The Kier molecular flexibility index (Phi) is 6.55. The maximum atomic E-state index is 12.9. The van der Waals surface area contributed by atoms with Crippen molar-refractivity contribution in [1.29, 1.82) is 0 Å². The van der Waals surface area contributed by atoms with Gasteiger partial charge in [-0.3, -0.25) is 14.1 Å². The molecule has 0 amide bonds. The lowest BCUT2D eigenvalue weighted by Crippen LogP contribution is -2.14. The monoisotopic (exact) mass is 502 g/mol. The van der Waals surface area contributed by atoms with E-state index in [9.17, 15) is 18.0 Å². The lowest BCUT2D eigenvalue weighted by Gasteiger charge is -2.10. The van der Waals surface area contributed by atoms with Crippen LogP contribution < -0.4 is 9.60 Å². The van der Waals surface area contributed by atoms with Gasteiger partial charge in [0.15, 0.2) is 0 Å². The summed E-state index contributed by atoms with van der Waals surface area (Å²) in [5.74, 6) is -0.478. The fourth-order valence-electron chi connectivity index (χ4n) is 3.26. The number of carbonyl (C=O) groups is 1. The van der Waals surface area contributed by atoms with Gasteiger partial charge < -0.3 is 4.74 Å². The number of rotatable bonds is 7. The van der Waals surface area contributed by atoms with E-state index in [1.165, 1.54) is 36.4 Å². The average Bonchev–Trinajstić information content (AvgIpc) is 3.10. The van der Waals surface area contributed by atoms with Crippen molar-refractivity contribution < 1.29 is 17.9 Å². The summed E-state index contributed by atoms with van der Waals surface area (Å²) in [6.45, 7) is 2.25. The number of nitrogens with one attached hydrogen (secondary N) is 1. The normalized spacial score (nSPS) is 11.5. The predicted octanol–water partition coefficient (Wildman–Crippen LogP) is 4.74. The van der Waals surface area contributed by atoms with Crippen molar-refractivity contribution >= 4 is 54.8 Å². The molecular formula is C23H19ClN2O5S2. The molecule has 0 aliphatic heterocycles. The zero-order valence-electron chi connectivity index (χ0n) is 17.4. The van der Waals surface area contributed by atoms with E-state index in [0.29, 0.717) is 26.5 Å². The summed E-state index contributed by atoms with van der Waals surface area (Å²) in [4.78, 5) is 24.1. The van der Waals surface area contributed by atoms with Gasteiger partial charge in [-0.2, -0.15) is 0 Å². The summed E-state index contributed by atoms with van der Waals surface area (Å²) in [7, 11) is -3.91. The number of hydrogen-bond acceptors (Lipinski definition) is 6. The first-order chi connectivity index (χ1) is 15.8. The van der Waals surface area contributed by atoms with E-state index in [1.54, 1.807) is 23.6 Å². The van der Waals surface area contributed by atoms with Gasteiger partial charge in [0.1, 0.15) is 0 Å². The molecule has 1 N–H and O–H groups in total. The Labute approximate surface area is 199 Å². The molecule has 0 unspecified atom stereocenters. The number of benzene rings is 3. The summed E-state index contributed by atoms with van der Waals surface area (Å²) in [5.41, 5.74) is 2.05. The first kappa shape index (κ1) is 23.0. The van der Waals surface area contributed by atoms with E-state index in [4.69, 9.17) is 16.3 Å². The summed E-state index contributed by atoms with van der Waals surface area (Å²) < 4.78 is 35.3. The molecule has 1 heterocycles. The Hall–Kier alpha value is -3.14. The van der Waals surface area contributed by atoms with Gasteiger partial charge in [-0.15, -0.1) is 0 Å². The third-order valence-electron chi connectivity index (χ3n) is 4.88. The number of sulfonamides is 1. The van der Waals surface area contributed by atoms with E-state index >= 15 is 0 Å². The molecule has 7 nitrogen and oxygen atoms in total. The Morgan fingerprint density at radius 3 is 2.52 bits per heavy atom. The molecule has 170 valence electrons. The molecular weight excluding hydrogens is 484 g/mol. The first-order valence-corrected chi connectivity index (χ1v) is 12.6. The largest absolute Gasteiger partial charge is 0.462 e. The topological polar surface area (TPSA) is 94.5 Å². The zero-order chi connectivity index (χ0) is 23.6. The number of nitrogens with zero attached hydrogens (tertiary/aromatic N) is 1. The summed E-state index contributed by atoms with van der Waals surface area (Å²) >= 11 is 7.20. The number of thiazole rings is 1. The van der Waals surface area contributed by atoms with Gasteiger partial charge in [0, 0.05) is 10.7 Å². The smallest absolute Gasteiger partial charge is 0.338 e. The van der Waals surface area contributed by atoms with E-state index in [2.05, 4.69) is 4.72 Å². The second kappa shape index (κ2) is 9.38. The van der Waals surface area contributed by atoms with Gasteiger partial charge in [0.2, 0.25) is 0 Å². The molecule has 0 radical (unpaired) electrons. The van der Waals surface area contributed by atoms with Crippen LogP contribution in [-0.2, 0) is 21.3 Å². The molecule has 4 aromatic rings. The zero-order valence-corrected chi connectivity index (χ0v) is 19.8. The van der Waals surface area contributed by atoms with Crippen molar-refractivity contribution in [2.24, 2.45) is 0 Å². The maximum Gasteiger partial charge on any atom is 0.338 e. The molecule has 0 aliphatic rings. The summed E-state index contributed by atoms with van der Waals surface area (Å²) in [6, 6.07) is 17.7. The lowest BCUT2D eigenvalue weighted by atomic mass is 10.2. The Bertz CT molecular complexity index is 1490. The van der Waals surface area contributed by atoms with Gasteiger partial charge in [-0.25, -0.2) is 13.2 Å². The number of carbonyl (C=O) groups excluding carboxylic acids is 1. The van der Waals surface area contributed by atoms with E-state index < -0.39 is 16.0 Å². The molecule has 0 atom stereocenters. The highest BCUT2D eigenvalue weighted by Gasteiger charge is 2.18. The van der Waals surface area contributed by atoms with Crippen LogP contribution in [0.25, 0.3) is 10.2 Å². The molecule has 10 heteroatoms. The third kappa shape index (κ3) is 4.95. The summed E-state index contributed by atoms with van der Waals surface area (Å²) in [5, 5.41) is 0.557. The Balaban J connectivity index is 1.60. The minimum absolute atomic E-state index is 0.0237. The molecule has 0 saturated heterocycles. The van der Waals surface area contributed by atoms with Crippen LogP contribution in [0, 0.1) is 0 Å². The molecule has 33 heavy (non-hydrogen) atoms. The average molecular weight is 503 g/mol. The number of halogens is 1. The molecule has 0 fully saturated rings. The number of hydrogen-bond donors (Lipinski definition) is 1. The van der Waals surface area contributed by atoms with Crippen molar-refractivity contribution in [3.63, 3.8) is 0 Å². The van der Waals surface area contributed by atoms with Gasteiger partial charge in [-0.1, -0.05) is 41.1 Å². The number of anilines is 1. The molecule has 0 bridgehead atoms. The van der Waals surface area contributed by atoms with Crippen LogP contribution in [0.4, 0.5) is 5.69 Å². The Morgan fingerprint density at radius 2 is 1.82 bits per heavy atom. The number of ether oxygens (including phenoxy) is 1. The van der Waals surface area contributed by atoms with Crippen molar-refractivity contribution in [3.8, 4) is 0 Å². The molecule has 1 aromatic heterocycles. The van der Waals surface area contributed by atoms with Crippen molar-refractivity contribution in [3.05, 3.63) is 92.5 Å². The van der Waals surface area contributed by atoms with Crippen molar-refractivity contribution in [2.45, 2.75) is 18.4 Å². The minimum Gasteiger partial charge on any atom is -0.462 e. The number of fused-ring (bicyclic) bond motifs is 1. The van der Waals surface area contributed by atoms with Crippen LogP contribution in [0.2, 0.25) is 5.02 Å². The molecule has 3 aromatic carbocycles. The van der Waals surface area contributed by atoms with Gasteiger partial charge in [-0.05, 0) is 61.0 Å². The molecule has 0 aliphatic carbocycles. The van der Waals surface area contributed by atoms with Crippen LogP contribution in [0.1, 0.15) is 22.8 Å². The second-order valence-electron chi connectivity index (χ2n) is 7.08. The molecule has 0 saturated carbocycles. The van der Waals surface area contributed by atoms with Crippen molar-refractivity contribution in [1.82, 2.24) is 4.57 Å². The van der Waals surface area contributed by atoms with Crippen molar-refractivity contribution in [2.75, 3.05) is 11.3 Å². The number of esters is 1. The lowest BCUT2D eigenvalue weighted by molar-refractivity contribution is 0.0526. The van der Waals surface area contributed by atoms with Gasteiger partial charge in [0.25, 0.3) is 10.0 Å². The van der Waals surface area contributed by atoms with E-state index in [0.717, 1.165) is 16.9 Å². The maximum absolute atomic E-state index is 12.9. The fourth-order valence-corrected chi connectivity index (χ4v) is 5.55. The second-order valence-corrected chi connectivity index (χ2v) is 10.2. The van der Waals surface area contributed by atoms with Crippen LogP contribution in [0.3, 0.4) is 0 Å². The van der Waals surface area contributed by atoms with Gasteiger partial charge >= 0.3 is 10.8 Å². The fraction of sp³-hybridized carbons (Fsp3) is 0.130. The number of aromatic nitrogens is 1. The highest BCUT2D eigenvalue weighted by molar-refractivity contribution is 7.92. The highest BCUT2D eigenvalue weighted by atomic mass is 35.5. The van der Waals surface area contributed by atoms with Crippen LogP contribution >= 0.6 is 22.9 Å². The quantitative estimate of drug-likeness (QED) is 0.368. The SMILES string of the molecule is CCOC(=O)c1ccc(NS(=O)(=O)c2ccc3c(c2)sc(=O)n3Cc2ccccc2Cl)cc1. The van der Waals surface area contributed by atoms with Crippen LogP contribution in [0.15, 0.2) is 76.4 Å². The third-order valence-corrected chi connectivity index (χ3v) is 7.57. The van der Waals surface area contributed by atoms with Crippen LogP contribution in [-0.4, -0.2) is 25.6 Å². The highest BCUT2D eigenvalue weighted by Crippen LogP contribution is 2.25. The molecule has 4 rings (SSSR count). The standard InChI is InChI=1S/C23H19ClN2O5S2/c1-2-31-22(27)15-7-9-17(10-8-15)25-33(29,30)18-11-12-20-21(13-18)32-23(28)26(20)14-16-5-3-4-6-19(16)24/h3-13,25H,2,14H2,1H3. The van der Waals surface area contributed by atoms with Gasteiger partial charge in [0.05, 0.1) is 33.8 Å².